The molecule has 2 aromatic rings. The summed E-state index contributed by atoms with van der Waals surface area (Å²) in [6.07, 6.45) is -4.48. The fourth-order valence-electron chi connectivity index (χ4n) is 2.49. The molecule has 0 aliphatic carbocycles. The molecule has 1 N–H and O–H groups in total. The lowest BCUT2D eigenvalue weighted by molar-refractivity contribution is -0.191. The van der Waals surface area contributed by atoms with Crippen LogP contribution in [0.4, 0.5) is 13.2 Å². The molecular weight excluding hydrogens is 361 g/mol. The first kappa shape index (κ1) is 18.0. The van der Waals surface area contributed by atoms with E-state index in [0.29, 0.717) is 24.5 Å². The standard InChI is InChI=1S/C17H14ClF3O4/c18-14-9-12(17(19,20)21)4-5-15(14)25-13-3-1-2-11(8-13)16(10-22)23-6-7-24-16/h1-5,8-9,22H,6-7,10H2. The second kappa shape index (κ2) is 6.84. The van der Waals surface area contributed by atoms with Crippen molar-refractivity contribution in [3.8, 4) is 11.5 Å². The topological polar surface area (TPSA) is 47.9 Å². The first-order chi connectivity index (χ1) is 11.8. The van der Waals surface area contributed by atoms with Gasteiger partial charge in [-0.1, -0.05) is 23.7 Å². The molecule has 1 saturated heterocycles. The summed E-state index contributed by atoms with van der Waals surface area (Å²) in [4.78, 5) is 0. The summed E-state index contributed by atoms with van der Waals surface area (Å²) in [6.45, 7) is 0.310. The molecule has 1 aliphatic heterocycles. The zero-order valence-corrected chi connectivity index (χ0v) is 13.6. The van der Waals surface area contributed by atoms with Crippen molar-refractivity contribution in [1.29, 1.82) is 0 Å². The largest absolute Gasteiger partial charge is 0.456 e. The lowest BCUT2D eigenvalue weighted by Crippen LogP contribution is -2.31. The van der Waals surface area contributed by atoms with Crippen LogP contribution in [0.3, 0.4) is 0 Å². The van der Waals surface area contributed by atoms with Gasteiger partial charge in [-0.3, -0.25) is 0 Å². The van der Waals surface area contributed by atoms with Gasteiger partial charge in [0.2, 0.25) is 5.79 Å². The van der Waals surface area contributed by atoms with E-state index in [2.05, 4.69) is 0 Å². The van der Waals surface area contributed by atoms with Gasteiger partial charge in [0.1, 0.15) is 18.1 Å². The van der Waals surface area contributed by atoms with Crippen molar-refractivity contribution in [2.45, 2.75) is 12.0 Å². The average molecular weight is 375 g/mol. The molecule has 134 valence electrons. The lowest BCUT2D eigenvalue weighted by Gasteiger charge is -2.25. The Labute approximate surface area is 146 Å². The number of rotatable bonds is 4. The molecular formula is C17H14ClF3O4. The summed E-state index contributed by atoms with van der Waals surface area (Å²) in [7, 11) is 0. The molecule has 0 radical (unpaired) electrons. The molecule has 8 heteroatoms. The highest BCUT2D eigenvalue weighted by molar-refractivity contribution is 6.32. The van der Waals surface area contributed by atoms with Crippen LogP contribution in [0.5, 0.6) is 11.5 Å². The molecule has 0 saturated carbocycles. The predicted octanol–water partition coefficient (Wildman–Crippen LogP) is 4.34. The Morgan fingerprint density at radius 2 is 1.84 bits per heavy atom. The second-order valence-electron chi connectivity index (χ2n) is 5.38. The predicted molar refractivity (Wildman–Crippen MR) is 83.6 cm³/mol. The van der Waals surface area contributed by atoms with Crippen LogP contribution in [0.2, 0.25) is 5.02 Å². The highest BCUT2D eigenvalue weighted by Gasteiger charge is 2.38. The maximum Gasteiger partial charge on any atom is 0.416 e. The van der Waals surface area contributed by atoms with Crippen LogP contribution in [-0.4, -0.2) is 24.9 Å². The van der Waals surface area contributed by atoms with Gasteiger partial charge in [-0.05, 0) is 30.3 Å². The third-order valence-electron chi connectivity index (χ3n) is 3.72. The Hall–Kier alpha value is -1.80. The first-order valence-electron chi connectivity index (χ1n) is 7.38. The highest BCUT2D eigenvalue weighted by atomic mass is 35.5. The van der Waals surface area contributed by atoms with Crippen molar-refractivity contribution < 1.29 is 32.5 Å². The van der Waals surface area contributed by atoms with Crippen molar-refractivity contribution in [3.05, 3.63) is 58.6 Å². The molecule has 2 aromatic carbocycles. The third kappa shape index (κ3) is 3.74. The minimum Gasteiger partial charge on any atom is -0.456 e. The van der Waals surface area contributed by atoms with Gasteiger partial charge < -0.3 is 19.3 Å². The van der Waals surface area contributed by atoms with E-state index >= 15 is 0 Å². The van der Waals surface area contributed by atoms with Crippen LogP contribution in [0.15, 0.2) is 42.5 Å². The molecule has 0 atom stereocenters. The second-order valence-corrected chi connectivity index (χ2v) is 5.79. The molecule has 25 heavy (non-hydrogen) atoms. The monoisotopic (exact) mass is 374 g/mol. The smallest absolute Gasteiger partial charge is 0.416 e. The van der Waals surface area contributed by atoms with Gasteiger partial charge in [0.15, 0.2) is 0 Å². The molecule has 1 aliphatic rings. The molecule has 0 spiro atoms. The molecule has 1 heterocycles. The molecule has 0 unspecified atom stereocenters. The molecule has 0 bridgehead atoms. The van der Waals surface area contributed by atoms with Crippen molar-refractivity contribution in [2.75, 3.05) is 19.8 Å². The van der Waals surface area contributed by atoms with E-state index in [1.807, 2.05) is 0 Å². The summed E-state index contributed by atoms with van der Waals surface area (Å²) in [5.41, 5.74) is -0.321. The number of aliphatic hydroxyl groups is 1. The number of hydrogen-bond donors (Lipinski definition) is 1. The van der Waals surface area contributed by atoms with Crippen molar-refractivity contribution in [1.82, 2.24) is 0 Å². The minimum absolute atomic E-state index is 0.0816. The molecule has 0 amide bonds. The van der Waals surface area contributed by atoms with Crippen LogP contribution in [0.1, 0.15) is 11.1 Å². The van der Waals surface area contributed by atoms with Crippen LogP contribution in [-0.2, 0) is 21.4 Å². The van der Waals surface area contributed by atoms with Crippen LogP contribution >= 0.6 is 11.6 Å². The number of benzene rings is 2. The summed E-state index contributed by atoms with van der Waals surface area (Å²) < 4.78 is 54.6. The quantitative estimate of drug-likeness (QED) is 0.864. The molecule has 1 fully saturated rings. The van der Waals surface area contributed by atoms with Crippen LogP contribution in [0, 0.1) is 0 Å². The van der Waals surface area contributed by atoms with E-state index < -0.39 is 17.5 Å². The van der Waals surface area contributed by atoms with Gasteiger partial charge in [0.05, 0.1) is 23.8 Å². The van der Waals surface area contributed by atoms with Gasteiger partial charge in [0, 0.05) is 5.56 Å². The van der Waals surface area contributed by atoms with Gasteiger partial charge in [-0.25, -0.2) is 0 Å². The Morgan fingerprint density at radius 3 is 2.44 bits per heavy atom. The Bertz CT molecular complexity index is 758. The maximum atomic E-state index is 12.7. The lowest BCUT2D eigenvalue weighted by atomic mass is 10.1. The summed E-state index contributed by atoms with van der Waals surface area (Å²) >= 11 is 5.89. The number of alkyl halides is 3. The first-order valence-corrected chi connectivity index (χ1v) is 7.76. The normalized spacial score (nSPS) is 16.8. The fourth-order valence-corrected chi connectivity index (χ4v) is 2.71. The van der Waals surface area contributed by atoms with Crippen molar-refractivity contribution >= 4 is 11.6 Å². The third-order valence-corrected chi connectivity index (χ3v) is 4.02. The summed E-state index contributed by atoms with van der Waals surface area (Å²) in [5.74, 6) is -0.854. The Kier molecular flexibility index (Phi) is 4.92. The van der Waals surface area contributed by atoms with Crippen LogP contribution in [0.25, 0.3) is 0 Å². The van der Waals surface area contributed by atoms with Gasteiger partial charge in [0.25, 0.3) is 0 Å². The van der Waals surface area contributed by atoms with Gasteiger partial charge in [-0.2, -0.15) is 13.2 Å². The Balaban J connectivity index is 1.86. The van der Waals surface area contributed by atoms with E-state index in [1.165, 1.54) is 0 Å². The number of ether oxygens (including phenoxy) is 3. The van der Waals surface area contributed by atoms with E-state index in [-0.39, 0.29) is 17.4 Å². The zero-order valence-electron chi connectivity index (χ0n) is 12.8. The van der Waals surface area contributed by atoms with E-state index in [1.54, 1.807) is 24.3 Å². The number of aliphatic hydroxyl groups excluding tert-OH is 1. The number of halogens is 4. The van der Waals surface area contributed by atoms with Crippen molar-refractivity contribution in [3.63, 3.8) is 0 Å². The van der Waals surface area contributed by atoms with E-state index in [4.69, 9.17) is 25.8 Å². The van der Waals surface area contributed by atoms with E-state index in [0.717, 1.165) is 18.2 Å². The fraction of sp³-hybridized carbons (Fsp3) is 0.294. The van der Waals surface area contributed by atoms with E-state index in [9.17, 15) is 18.3 Å². The Morgan fingerprint density at radius 1 is 1.12 bits per heavy atom. The average Bonchev–Trinajstić information content (AvgIpc) is 3.06. The molecule has 3 rings (SSSR count). The minimum atomic E-state index is -4.48. The number of hydrogen-bond acceptors (Lipinski definition) is 4. The molecule has 4 nitrogen and oxygen atoms in total. The maximum absolute atomic E-state index is 12.7. The van der Waals surface area contributed by atoms with Gasteiger partial charge >= 0.3 is 6.18 Å². The zero-order chi connectivity index (χ0) is 18.1. The highest BCUT2D eigenvalue weighted by Crippen LogP contribution is 2.38. The molecule has 0 aromatic heterocycles. The summed E-state index contributed by atoms with van der Waals surface area (Å²) in [6, 6.07) is 9.39. The van der Waals surface area contributed by atoms with Gasteiger partial charge in [-0.15, -0.1) is 0 Å². The van der Waals surface area contributed by atoms with Crippen molar-refractivity contribution in [2.24, 2.45) is 0 Å². The SMILES string of the molecule is OCC1(c2cccc(Oc3ccc(C(F)(F)F)cc3Cl)c2)OCCO1. The van der Waals surface area contributed by atoms with Crippen LogP contribution < -0.4 is 4.74 Å². The summed E-state index contributed by atoms with van der Waals surface area (Å²) in [5, 5.41) is 9.42.